The second-order valence-corrected chi connectivity index (χ2v) is 5.29. The molecule has 0 bridgehead atoms. The number of urea groups is 1. The summed E-state index contributed by atoms with van der Waals surface area (Å²) in [6, 6.07) is 0.975. The van der Waals surface area contributed by atoms with Crippen LogP contribution in [-0.2, 0) is 4.79 Å². The lowest BCUT2D eigenvalue weighted by Crippen LogP contribution is -2.43. The Hall–Kier alpha value is -1.98. The number of aryl methyl sites for hydroxylation is 2. The molecule has 0 aliphatic carbocycles. The molecule has 0 fully saturated rings. The number of carbonyl (C=O) groups excluding carboxylic acids is 1. The van der Waals surface area contributed by atoms with E-state index in [2.05, 4.69) is 10.6 Å². The summed E-state index contributed by atoms with van der Waals surface area (Å²) < 4.78 is 5.44. The van der Waals surface area contributed by atoms with E-state index in [1.165, 1.54) is 0 Å². The van der Waals surface area contributed by atoms with Gasteiger partial charge in [-0.3, -0.25) is 4.79 Å². The van der Waals surface area contributed by atoms with Gasteiger partial charge in [0.1, 0.15) is 11.5 Å². The highest BCUT2D eigenvalue weighted by molar-refractivity contribution is 5.76. The second-order valence-electron chi connectivity index (χ2n) is 5.29. The largest absolute Gasteiger partial charge is 0.481 e. The van der Waals surface area contributed by atoms with Gasteiger partial charge in [-0.05, 0) is 33.3 Å². The lowest BCUT2D eigenvalue weighted by Gasteiger charge is -2.19. The fourth-order valence-corrected chi connectivity index (χ4v) is 2.37. The smallest absolute Gasteiger partial charge is 0.315 e. The van der Waals surface area contributed by atoms with Gasteiger partial charge in [0.25, 0.3) is 0 Å². The van der Waals surface area contributed by atoms with E-state index >= 15 is 0 Å². The van der Waals surface area contributed by atoms with E-state index in [4.69, 9.17) is 9.52 Å². The minimum atomic E-state index is -0.914. The number of hydrogen-bond acceptors (Lipinski definition) is 3. The third-order valence-corrected chi connectivity index (χ3v) is 3.29. The molecule has 0 saturated carbocycles. The molecule has 1 rings (SSSR count). The molecule has 118 valence electrons. The van der Waals surface area contributed by atoms with E-state index in [1.54, 1.807) is 0 Å². The molecule has 0 radical (unpaired) electrons. The lowest BCUT2D eigenvalue weighted by atomic mass is 10.1. The van der Waals surface area contributed by atoms with E-state index in [0.717, 1.165) is 23.5 Å². The van der Waals surface area contributed by atoms with Gasteiger partial charge in [-0.25, -0.2) is 4.79 Å². The van der Waals surface area contributed by atoms with E-state index < -0.39 is 5.97 Å². The van der Waals surface area contributed by atoms with Gasteiger partial charge in [0.05, 0.1) is 12.5 Å². The van der Waals surface area contributed by atoms with Crippen LogP contribution in [-0.4, -0.2) is 23.1 Å². The van der Waals surface area contributed by atoms with Crippen molar-refractivity contribution in [3.63, 3.8) is 0 Å². The van der Waals surface area contributed by atoms with Gasteiger partial charge < -0.3 is 20.2 Å². The first-order valence-electron chi connectivity index (χ1n) is 7.19. The number of nitrogens with one attached hydrogen (secondary N) is 2. The first-order valence-corrected chi connectivity index (χ1v) is 7.19. The molecule has 6 heteroatoms. The van der Waals surface area contributed by atoms with Crippen LogP contribution in [0.2, 0.25) is 0 Å². The summed E-state index contributed by atoms with van der Waals surface area (Å²) in [6.07, 6.45) is 1.38. The van der Waals surface area contributed by atoms with Crippen molar-refractivity contribution in [1.82, 2.24) is 10.6 Å². The van der Waals surface area contributed by atoms with E-state index in [9.17, 15) is 9.59 Å². The van der Waals surface area contributed by atoms with Crippen LogP contribution in [0.1, 0.15) is 56.2 Å². The van der Waals surface area contributed by atoms with Crippen molar-refractivity contribution in [3.8, 4) is 0 Å². The maximum absolute atomic E-state index is 12.0. The van der Waals surface area contributed by atoms with E-state index in [-0.39, 0.29) is 24.5 Å². The topological polar surface area (TPSA) is 91.6 Å². The Labute approximate surface area is 124 Å². The molecule has 3 N–H and O–H groups in total. The number of carbonyl (C=O) groups is 2. The number of hydrogen-bond donors (Lipinski definition) is 3. The quantitative estimate of drug-likeness (QED) is 0.721. The molecule has 2 amide bonds. The SMILES string of the molecule is CCCC(CC(=O)O)NC(=O)NC(C)c1cc(C)oc1C. The zero-order valence-electron chi connectivity index (χ0n) is 13.0. The molecule has 0 aliphatic rings. The second kappa shape index (κ2) is 7.71. The van der Waals surface area contributed by atoms with Gasteiger partial charge in [-0.15, -0.1) is 0 Å². The molecule has 0 spiro atoms. The van der Waals surface area contributed by atoms with Crippen molar-refractivity contribution in [2.75, 3.05) is 0 Å². The average Bonchev–Trinajstić information content (AvgIpc) is 2.67. The zero-order valence-corrected chi connectivity index (χ0v) is 13.0. The molecule has 1 aromatic rings. The summed E-state index contributed by atoms with van der Waals surface area (Å²) in [7, 11) is 0. The summed E-state index contributed by atoms with van der Waals surface area (Å²) >= 11 is 0. The molecular formula is C15H24N2O4. The fourth-order valence-electron chi connectivity index (χ4n) is 2.37. The van der Waals surface area contributed by atoms with Crippen LogP contribution in [0.25, 0.3) is 0 Å². The summed E-state index contributed by atoms with van der Waals surface area (Å²) in [6.45, 7) is 7.52. The average molecular weight is 296 g/mol. The van der Waals surface area contributed by atoms with Crippen LogP contribution in [0, 0.1) is 13.8 Å². The van der Waals surface area contributed by atoms with Crippen LogP contribution in [0.4, 0.5) is 4.79 Å². The third kappa shape index (κ3) is 5.49. The Morgan fingerprint density at radius 2 is 2.00 bits per heavy atom. The molecule has 21 heavy (non-hydrogen) atoms. The van der Waals surface area contributed by atoms with Gasteiger partial charge in [0.15, 0.2) is 0 Å². The predicted molar refractivity (Wildman–Crippen MR) is 79.2 cm³/mol. The minimum Gasteiger partial charge on any atom is -0.481 e. The fraction of sp³-hybridized carbons (Fsp3) is 0.600. The Morgan fingerprint density at radius 3 is 2.48 bits per heavy atom. The summed E-state index contributed by atoms with van der Waals surface area (Å²) in [5.74, 6) is 0.658. The maximum atomic E-state index is 12.0. The summed E-state index contributed by atoms with van der Waals surface area (Å²) in [4.78, 5) is 22.7. The highest BCUT2D eigenvalue weighted by Crippen LogP contribution is 2.21. The van der Waals surface area contributed by atoms with Crippen LogP contribution in [0.15, 0.2) is 10.5 Å². The van der Waals surface area contributed by atoms with Crippen LogP contribution in [0.3, 0.4) is 0 Å². The van der Waals surface area contributed by atoms with E-state index in [1.807, 2.05) is 33.8 Å². The molecule has 0 aliphatic heterocycles. The number of aliphatic carboxylic acids is 1. The van der Waals surface area contributed by atoms with Crippen LogP contribution >= 0.6 is 0 Å². The first kappa shape index (κ1) is 17.1. The number of carboxylic acid groups (broad SMARTS) is 1. The standard InChI is InChI=1S/C15H24N2O4/c1-5-6-12(8-14(18)19)17-15(20)16-10(3)13-7-9(2)21-11(13)4/h7,10,12H,5-6,8H2,1-4H3,(H,18,19)(H2,16,17,20). The molecule has 0 aromatic carbocycles. The highest BCUT2D eigenvalue weighted by Gasteiger charge is 2.18. The van der Waals surface area contributed by atoms with Crippen molar-refractivity contribution in [1.29, 1.82) is 0 Å². The highest BCUT2D eigenvalue weighted by atomic mass is 16.4. The normalized spacial score (nSPS) is 13.5. The van der Waals surface area contributed by atoms with Crippen molar-refractivity contribution in [2.45, 2.75) is 59.0 Å². The van der Waals surface area contributed by atoms with Crippen LogP contribution in [0.5, 0.6) is 0 Å². The van der Waals surface area contributed by atoms with Crippen molar-refractivity contribution in [3.05, 3.63) is 23.2 Å². The molecule has 2 unspecified atom stereocenters. The molecule has 1 heterocycles. The number of amides is 2. The van der Waals surface area contributed by atoms with Gasteiger partial charge in [-0.1, -0.05) is 13.3 Å². The maximum Gasteiger partial charge on any atom is 0.315 e. The molecular weight excluding hydrogens is 272 g/mol. The minimum absolute atomic E-state index is 0.0700. The van der Waals surface area contributed by atoms with Crippen molar-refractivity contribution < 1.29 is 19.1 Å². The Morgan fingerprint density at radius 1 is 1.33 bits per heavy atom. The van der Waals surface area contributed by atoms with Gasteiger partial charge in [0.2, 0.25) is 0 Å². The Bertz CT molecular complexity index is 496. The van der Waals surface area contributed by atoms with Crippen LogP contribution < -0.4 is 10.6 Å². The molecule has 0 saturated heterocycles. The summed E-state index contributed by atoms with van der Waals surface area (Å²) in [5, 5.41) is 14.4. The predicted octanol–water partition coefficient (Wildman–Crippen LogP) is 2.90. The number of furan rings is 1. The monoisotopic (exact) mass is 296 g/mol. The number of carboxylic acids is 1. The molecule has 1 aromatic heterocycles. The Kier molecular flexibility index (Phi) is 6.27. The number of rotatable bonds is 7. The van der Waals surface area contributed by atoms with Gasteiger partial charge in [0, 0.05) is 11.6 Å². The third-order valence-electron chi connectivity index (χ3n) is 3.29. The van der Waals surface area contributed by atoms with Crippen molar-refractivity contribution >= 4 is 12.0 Å². The molecule has 6 nitrogen and oxygen atoms in total. The zero-order chi connectivity index (χ0) is 16.0. The first-order chi connectivity index (χ1) is 9.83. The van der Waals surface area contributed by atoms with Gasteiger partial charge in [-0.2, -0.15) is 0 Å². The van der Waals surface area contributed by atoms with E-state index in [0.29, 0.717) is 6.42 Å². The van der Waals surface area contributed by atoms with Crippen molar-refractivity contribution in [2.24, 2.45) is 0 Å². The summed E-state index contributed by atoms with van der Waals surface area (Å²) in [5.41, 5.74) is 0.924. The van der Waals surface area contributed by atoms with Gasteiger partial charge >= 0.3 is 12.0 Å². The Balaban J connectivity index is 2.58. The lowest BCUT2D eigenvalue weighted by molar-refractivity contribution is -0.137. The molecule has 2 atom stereocenters.